The summed E-state index contributed by atoms with van der Waals surface area (Å²) in [6, 6.07) is 16.8. The molecule has 118 valence electrons. The Morgan fingerprint density at radius 3 is 2.67 bits per heavy atom. The van der Waals surface area contributed by atoms with Gasteiger partial charge in [-0.25, -0.2) is 4.79 Å². The smallest absolute Gasteiger partial charge is 0.331 e. The zero-order valence-corrected chi connectivity index (χ0v) is 14.1. The van der Waals surface area contributed by atoms with Crippen LogP contribution in [0, 0.1) is 11.3 Å². The van der Waals surface area contributed by atoms with E-state index in [9.17, 15) is 4.79 Å². The van der Waals surface area contributed by atoms with Crippen LogP contribution in [0.4, 0.5) is 0 Å². The second kappa shape index (κ2) is 7.31. The third-order valence-electron chi connectivity index (χ3n) is 3.39. The van der Waals surface area contributed by atoms with Crippen molar-refractivity contribution in [2.75, 3.05) is 0 Å². The largest absolute Gasteiger partial charge is 0.458 e. The topological polar surface area (TPSA) is 50.1 Å². The minimum Gasteiger partial charge on any atom is -0.458 e. The van der Waals surface area contributed by atoms with Gasteiger partial charge in [0.25, 0.3) is 0 Å². The number of carbonyl (C=O) groups excluding carboxylic acids is 1. The molecule has 1 heterocycles. The number of benzene rings is 2. The highest BCUT2D eigenvalue weighted by Crippen LogP contribution is 2.35. The number of nitriles is 1. The van der Waals surface area contributed by atoms with Gasteiger partial charge in [0, 0.05) is 21.0 Å². The Balaban J connectivity index is 1.64. The maximum Gasteiger partial charge on any atom is 0.331 e. The number of hydrogen-bond donors (Lipinski definition) is 0. The van der Waals surface area contributed by atoms with Crippen molar-refractivity contribution in [1.82, 2.24) is 0 Å². The lowest BCUT2D eigenvalue weighted by atomic mass is 10.2. The quantitative estimate of drug-likeness (QED) is 0.479. The number of nitrogens with zero attached hydrogens (tertiary/aromatic N) is 1. The molecule has 3 aromatic rings. The molecule has 0 fully saturated rings. The Hall–Kier alpha value is -2.61. The van der Waals surface area contributed by atoms with Crippen LogP contribution in [0.2, 0.25) is 5.02 Å². The van der Waals surface area contributed by atoms with Crippen LogP contribution in [0.25, 0.3) is 16.2 Å². The molecule has 5 heteroatoms. The molecule has 3 rings (SSSR count). The molecule has 0 radical (unpaired) electrons. The van der Waals surface area contributed by atoms with Crippen molar-refractivity contribution in [2.45, 2.75) is 6.61 Å². The molecule has 1 aromatic heterocycles. The fourth-order valence-electron chi connectivity index (χ4n) is 2.16. The highest BCUT2D eigenvalue weighted by atomic mass is 35.5. The van der Waals surface area contributed by atoms with Gasteiger partial charge in [-0.2, -0.15) is 5.26 Å². The summed E-state index contributed by atoms with van der Waals surface area (Å²) in [6.45, 7) is 0.162. The van der Waals surface area contributed by atoms with E-state index >= 15 is 0 Å². The average molecular weight is 354 g/mol. The Morgan fingerprint density at radius 2 is 1.96 bits per heavy atom. The molecule has 0 aliphatic carbocycles. The van der Waals surface area contributed by atoms with Gasteiger partial charge in [-0.05, 0) is 29.8 Å². The highest BCUT2D eigenvalue weighted by molar-refractivity contribution is 7.20. The third kappa shape index (κ3) is 3.65. The van der Waals surface area contributed by atoms with E-state index in [4.69, 9.17) is 21.6 Å². The van der Waals surface area contributed by atoms with E-state index in [1.165, 1.54) is 17.4 Å². The summed E-state index contributed by atoms with van der Waals surface area (Å²) in [5.41, 5.74) is 1.40. The highest BCUT2D eigenvalue weighted by Gasteiger charge is 2.08. The number of hydrogen-bond acceptors (Lipinski definition) is 4. The zero-order chi connectivity index (χ0) is 16.9. The second-order valence-corrected chi connectivity index (χ2v) is 6.49. The molecule has 0 bridgehead atoms. The lowest BCUT2D eigenvalue weighted by Gasteiger charge is -2.02. The maximum absolute atomic E-state index is 11.8. The van der Waals surface area contributed by atoms with Gasteiger partial charge in [-0.1, -0.05) is 41.9 Å². The lowest BCUT2D eigenvalue weighted by molar-refractivity contribution is -0.138. The van der Waals surface area contributed by atoms with Crippen LogP contribution in [0.15, 0.2) is 54.6 Å². The second-order valence-electron chi connectivity index (χ2n) is 5.03. The number of carbonyl (C=O) groups is 1. The number of rotatable bonds is 4. The minimum absolute atomic E-state index is 0.162. The first-order valence-electron chi connectivity index (χ1n) is 7.18. The summed E-state index contributed by atoms with van der Waals surface area (Å²) < 4.78 is 6.27. The molecule has 0 N–H and O–H groups in total. The summed E-state index contributed by atoms with van der Waals surface area (Å²) in [6.07, 6.45) is 3.05. The van der Waals surface area contributed by atoms with Gasteiger partial charge in [0.1, 0.15) is 6.61 Å². The van der Waals surface area contributed by atoms with Gasteiger partial charge in [0.05, 0.1) is 16.7 Å². The molecule has 0 saturated carbocycles. The van der Waals surface area contributed by atoms with Crippen molar-refractivity contribution in [3.8, 4) is 6.07 Å². The fraction of sp³-hybridized carbons (Fsp3) is 0.0526. The lowest BCUT2D eigenvalue weighted by Crippen LogP contribution is -2.00. The molecule has 3 nitrogen and oxygen atoms in total. The predicted octanol–water partition coefficient (Wildman–Crippen LogP) is 5.18. The van der Waals surface area contributed by atoms with Crippen LogP contribution in [-0.4, -0.2) is 5.97 Å². The van der Waals surface area contributed by atoms with Crippen molar-refractivity contribution in [3.05, 3.63) is 75.6 Å². The van der Waals surface area contributed by atoms with Crippen molar-refractivity contribution < 1.29 is 9.53 Å². The minimum atomic E-state index is -0.437. The average Bonchev–Trinajstić information content (AvgIpc) is 2.95. The van der Waals surface area contributed by atoms with Crippen molar-refractivity contribution in [1.29, 1.82) is 5.26 Å². The van der Waals surface area contributed by atoms with Gasteiger partial charge < -0.3 is 4.74 Å². The molecule has 0 spiro atoms. The Bertz CT molecular complexity index is 952. The van der Waals surface area contributed by atoms with Crippen molar-refractivity contribution in [3.63, 3.8) is 0 Å². The van der Waals surface area contributed by atoms with Crippen LogP contribution in [0.3, 0.4) is 0 Å². The Kier molecular flexibility index (Phi) is 4.95. The van der Waals surface area contributed by atoms with Gasteiger partial charge in [-0.3, -0.25) is 0 Å². The van der Waals surface area contributed by atoms with E-state index in [1.807, 2.05) is 30.3 Å². The fourth-order valence-corrected chi connectivity index (χ4v) is 3.56. The van der Waals surface area contributed by atoms with E-state index in [-0.39, 0.29) is 6.61 Å². The first kappa shape index (κ1) is 16.3. The molecule has 0 amide bonds. The first-order valence-corrected chi connectivity index (χ1v) is 8.38. The SMILES string of the molecule is N#Cc1ccc(COC(=O)/C=C/c2sc3ccccc3c2Cl)cc1. The van der Waals surface area contributed by atoms with E-state index in [2.05, 4.69) is 0 Å². The number of fused-ring (bicyclic) bond motifs is 1. The number of esters is 1. The predicted molar refractivity (Wildman–Crippen MR) is 96.8 cm³/mol. The van der Waals surface area contributed by atoms with Crippen molar-refractivity contribution >= 4 is 45.1 Å². The summed E-state index contributed by atoms with van der Waals surface area (Å²) in [4.78, 5) is 12.7. The number of thiophene rings is 1. The maximum atomic E-state index is 11.8. The summed E-state index contributed by atoms with van der Waals surface area (Å²) >= 11 is 7.85. The Labute approximate surface area is 148 Å². The van der Waals surface area contributed by atoms with E-state index in [1.54, 1.807) is 30.3 Å². The summed E-state index contributed by atoms with van der Waals surface area (Å²) in [5, 5.41) is 10.4. The Morgan fingerprint density at radius 1 is 1.21 bits per heavy atom. The normalized spacial score (nSPS) is 10.8. The van der Waals surface area contributed by atoms with E-state index in [0.29, 0.717) is 10.6 Å². The van der Waals surface area contributed by atoms with Crippen LogP contribution in [-0.2, 0) is 16.1 Å². The van der Waals surface area contributed by atoms with Gasteiger partial charge in [0.15, 0.2) is 0 Å². The number of halogens is 1. The van der Waals surface area contributed by atoms with Crippen LogP contribution in [0.5, 0.6) is 0 Å². The van der Waals surface area contributed by atoms with Gasteiger partial charge in [0.2, 0.25) is 0 Å². The molecule has 0 aliphatic heterocycles. The van der Waals surface area contributed by atoms with E-state index in [0.717, 1.165) is 20.5 Å². The summed E-state index contributed by atoms with van der Waals surface area (Å²) in [5.74, 6) is -0.437. The molecule has 2 aromatic carbocycles. The molecule has 24 heavy (non-hydrogen) atoms. The van der Waals surface area contributed by atoms with Crippen LogP contribution < -0.4 is 0 Å². The van der Waals surface area contributed by atoms with Gasteiger partial charge in [-0.15, -0.1) is 11.3 Å². The van der Waals surface area contributed by atoms with Gasteiger partial charge >= 0.3 is 5.97 Å². The number of ether oxygens (including phenoxy) is 1. The molecule has 0 atom stereocenters. The standard InChI is InChI=1S/C19H12ClNO2S/c20-19-15-3-1-2-4-16(15)24-17(19)9-10-18(22)23-12-14-7-5-13(11-21)6-8-14/h1-10H,12H2/b10-9+. The third-order valence-corrected chi connectivity index (χ3v) is 5.05. The first-order chi connectivity index (χ1) is 11.7. The van der Waals surface area contributed by atoms with Crippen molar-refractivity contribution in [2.24, 2.45) is 0 Å². The molecule has 0 aliphatic rings. The molecular weight excluding hydrogens is 342 g/mol. The monoisotopic (exact) mass is 353 g/mol. The zero-order valence-electron chi connectivity index (χ0n) is 12.5. The molecule has 0 saturated heterocycles. The van der Waals surface area contributed by atoms with E-state index < -0.39 is 5.97 Å². The van der Waals surface area contributed by atoms with Crippen LogP contribution >= 0.6 is 22.9 Å². The van der Waals surface area contributed by atoms with Crippen LogP contribution in [0.1, 0.15) is 16.0 Å². The summed E-state index contributed by atoms with van der Waals surface area (Å²) in [7, 11) is 0. The molecular formula is C19H12ClNO2S. The molecule has 0 unspecified atom stereocenters.